The summed E-state index contributed by atoms with van der Waals surface area (Å²) in [5, 5.41) is 1.66. The third-order valence-electron chi connectivity index (χ3n) is 3.42. The lowest BCUT2D eigenvalue weighted by molar-refractivity contribution is 0.211. The van der Waals surface area contributed by atoms with Crippen LogP contribution in [0.2, 0.25) is 0 Å². The molecular formula is C12H21N3O2S2. The van der Waals surface area contributed by atoms with Gasteiger partial charge in [-0.1, -0.05) is 6.92 Å². The highest BCUT2D eigenvalue weighted by atomic mass is 32.2. The molecule has 0 amide bonds. The number of hydrogen-bond acceptors (Lipinski definition) is 5. The number of rotatable bonds is 5. The van der Waals surface area contributed by atoms with E-state index in [2.05, 4.69) is 16.5 Å². The number of piperidine rings is 1. The number of nitrogens with one attached hydrogen (secondary N) is 1. The van der Waals surface area contributed by atoms with Gasteiger partial charge in [0.15, 0.2) is 0 Å². The van der Waals surface area contributed by atoms with Crippen LogP contribution in [0.25, 0.3) is 0 Å². The lowest BCUT2D eigenvalue weighted by Gasteiger charge is -2.31. The summed E-state index contributed by atoms with van der Waals surface area (Å²) in [7, 11) is -3.40. The number of hydrogen-bond donors (Lipinski definition) is 2. The Morgan fingerprint density at radius 1 is 1.58 bits per heavy atom. The Balaban J connectivity index is 2.04. The van der Waals surface area contributed by atoms with Gasteiger partial charge in [-0.3, -0.25) is 0 Å². The predicted octanol–water partition coefficient (Wildman–Crippen LogP) is 0.969. The summed E-state index contributed by atoms with van der Waals surface area (Å²) in [5.41, 5.74) is 5.52. The van der Waals surface area contributed by atoms with E-state index in [1.807, 2.05) is 0 Å². The molecule has 108 valence electrons. The van der Waals surface area contributed by atoms with E-state index >= 15 is 0 Å². The number of sulfonamides is 1. The van der Waals surface area contributed by atoms with Gasteiger partial charge in [-0.2, -0.15) is 0 Å². The SMILES string of the molecule is CCN1CCCC(NS(=O)(=O)c2csc(CN)c2)C1. The van der Waals surface area contributed by atoms with Crippen molar-refractivity contribution in [2.75, 3.05) is 19.6 Å². The molecule has 0 aliphatic carbocycles. The second-order valence-corrected chi connectivity index (χ2v) is 7.52. The zero-order valence-electron chi connectivity index (χ0n) is 11.1. The molecular weight excluding hydrogens is 282 g/mol. The van der Waals surface area contributed by atoms with Crippen molar-refractivity contribution in [3.05, 3.63) is 16.3 Å². The Labute approximate surface area is 118 Å². The largest absolute Gasteiger partial charge is 0.326 e. The van der Waals surface area contributed by atoms with E-state index in [4.69, 9.17) is 5.73 Å². The number of likely N-dealkylation sites (N-methyl/N-ethyl adjacent to an activating group) is 1. The van der Waals surface area contributed by atoms with E-state index in [0.717, 1.165) is 37.4 Å². The van der Waals surface area contributed by atoms with Crippen molar-refractivity contribution in [2.45, 2.75) is 37.2 Å². The Morgan fingerprint density at radius 3 is 3.00 bits per heavy atom. The summed E-state index contributed by atoms with van der Waals surface area (Å²) in [5.74, 6) is 0. The molecule has 1 aliphatic rings. The smallest absolute Gasteiger partial charge is 0.241 e. The molecule has 2 rings (SSSR count). The van der Waals surface area contributed by atoms with Gasteiger partial charge in [0.05, 0.1) is 4.90 Å². The van der Waals surface area contributed by atoms with Crippen LogP contribution >= 0.6 is 11.3 Å². The van der Waals surface area contributed by atoms with Crippen LogP contribution in [0.15, 0.2) is 16.3 Å². The summed E-state index contributed by atoms with van der Waals surface area (Å²) in [4.78, 5) is 3.50. The van der Waals surface area contributed by atoms with E-state index in [-0.39, 0.29) is 6.04 Å². The molecule has 1 fully saturated rings. The summed E-state index contributed by atoms with van der Waals surface area (Å²) in [6.07, 6.45) is 1.95. The maximum atomic E-state index is 12.3. The van der Waals surface area contributed by atoms with Crippen molar-refractivity contribution in [1.82, 2.24) is 9.62 Å². The molecule has 3 N–H and O–H groups in total. The first kappa shape index (κ1) is 14.9. The van der Waals surface area contributed by atoms with Gasteiger partial charge >= 0.3 is 0 Å². The second-order valence-electron chi connectivity index (χ2n) is 4.81. The molecule has 0 radical (unpaired) electrons. The summed E-state index contributed by atoms with van der Waals surface area (Å²) in [6.45, 7) is 5.30. The Bertz CT molecular complexity index is 513. The highest BCUT2D eigenvalue weighted by Gasteiger charge is 2.25. The van der Waals surface area contributed by atoms with Crippen molar-refractivity contribution in [1.29, 1.82) is 0 Å². The van der Waals surface area contributed by atoms with Crippen molar-refractivity contribution in [2.24, 2.45) is 5.73 Å². The molecule has 1 aromatic rings. The average Bonchev–Trinajstić information content (AvgIpc) is 2.88. The molecule has 2 heterocycles. The van der Waals surface area contributed by atoms with E-state index in [1.165, 1.54) is 11.3 Å². The molecule has 0 bridgehead atoms. The average molecular weight is 303 g/mol. The van der Waals surface area contributed by atoms with Crippen LogP contribution in [0.1, 0.15) is 24.6 Å². The zero-order chi connectivity index (χ0) is 13.9. The van der Waals surface area contributed by atoms with E-state index in [1.54, 1.807) is 11.4 Å². The van der Waals surface area contributed by atoms with Crippen molar-refractivity contribution in [3.8, 4) is 0 Å². The summed E-state index contributed by atoms with van der Waals surface area (Å²) < 4.78 is 27.3. The monoisotopic (exact) mass is 303 g/mol. The molecule has 19 heavy (non-hydrogen) atoms. The number of likely N-dealkylation sites (tertiary alicyclic amines) is 1. The predicted molar refractivity (Wildman–Crippen MR) is 77.7 cm³/mol. The number of nitrogens with two attached hydrogens (primary N) is 1. The van der Waals surface area contributed by atoms with Crippen LogP contribution in [0.5, 0.6) is 0 Å². The minimum atomic E-state index is -3.40. The standard InChI is InChI=1S/C12H21N3O2S2/c1-2-15-5-3-4-10(8-15)14-19(16,17)12-6-11(7-13)18-9-12/h6,9-10,14H,2-5,7-8,13H2,1H3. The summed E-state index contributed by atoms with van der Waals surface area (Å²) in [6, 6.07) is 1.67. The fourth-order valence-corrected chi connectivity index (χ4v) is 4.75. The van der Waals surface area contributed by atoms with Crippen LogP contribution in [0, 0.1) is 0 Å². The van der Waals surface area contributed by atoms with E-state index in [0.29, 0.717) is 11.4 Å². The molecule has 5 nitrogen and oxygen atoms in total. The lowest BCUT2D eigenvalue weighted by atomic mass is 10.1. The van der Waals surface area contributed by atoms with Crippen molar-refractivity contribution in [3.63, 3.8) is 0 Å². The first-order valence-electron chi connectivity index (χ1n) is 6.57. The maximum Gasteiger partial charge on any atom is 0.241 e. The van der Waals surface area contributed by atoms with E-state index in [9.17, 15) is 8.42 Å². The maximum absolute atomic E-state index is 12.3. The quantitative estimate of drug-likeness (QED) is 0.850. The molecule has 7 heteroatoms. The highest BCUT2D eigenvalue weighted by molar-refractivity contribution is 7.89. The fourth-order valence-electron chi connectivity index (χ4n) is 2.33. The first-order valence-corrected chi connectivity index (χ1v) is 8.93. The van der Waals surface area contributed by atoms with Crippen LogP contribution in [0.4, 0.5) is 0 Å². The van der Waals surface area contributed by atoms with Crippen molar-refractivity contribution >= 4 is 21.4 Å². The second kappa shape index (κ2) is 6.32. The molecule has 1 saturated heterocycles. The number of thiophene rings is 1. The highest BCUT2D eigenvalue weighted by Crippen LogP contribution is 2.20. The molecule has 1 aromatic heterocycles. The molecule has 0 saturated carbocycles. The van der Waals surface area contributed by atoms with Gasteiger partial charge in [0.25, 0.3) is 0 Å². The topological polar surface area (TPSA) is 75.4 Å². The van der Waals surface area contributed by atoms with Gasteiger partial charge in [0.2, 0.25) is 10.0 Å². The van der Waals surface area contributed by atoms with Gasteiger partial charge < -0.3 is 10.6 Å². The zero-order valence-corrected chi connectivity index (χ0v) is 12.8. The fraction of sp³-hybridized carbons (Fsp3) is 0.667. The molecule has 1 atom stereocenters. The minimum absolute atomic E-state index is 0.0138. The van der Waals surface area contributed by atoms with Crippen LogP contribution in [-0.2, 0) is 16.6 Å². The first-order chi connectivity index (χ1) is 9.05. The van der Waals surface area contributed by atoms with Crippen LogP contribution < -0.4 is 10.5 Å². The Hall–Kier alpha value is -0.470. The molecule has 0 aromatic carbocycles. The minimum Gasteiger partial charge on any atom is -0.326 e. The van der Waals surface area contributed by atoms with Crippen molar-refractivity contribution < 1.29 is 8.42 Å². The molecule has 0 spiro atoms. The molecule has 1 aliphatic heterocycles. The van der Waals surface area contributed by atoms with Crippen LogP contribution in [0.3, 0.4) is 0 Å². The number of nitrogens with zero attached hydrogens (tertiary/aromatic N) is 1. The van der Waals surface area contributed by atoms with E-state index < -0.39 is 10.0 Å². The van der Waals surface area contributed by atoms with Gasteiger partial charge in [-0.05, 0) is 32.0 Å². The van der Waals surface area contributed by atoms with Gasteiger partial charge in [-0.15, -0.1) is 11.3 Å². The third kappa shape index (κ3) is 3.76. The lowest BCUT2D eigenvalue weighted by Crippen LogP contribution is -2.47. The normalized spacial score (nSPS) is 21.7. The molecule has 1 unspecified atom stereocenters. The Morgan fingerprint density at radius 2 is 2.37 bits per heavy atom. The summed E-state index contributed by atoms with van der Waals surface area (Å²) >= 11 is 1.39. The Kier molecular flexibility index (Phi) is 4.97. The van der Waals surface area contributed by atoms with Crippen LogP contribution in [-0.4, -0.2) is 39.0 Å². The third-order valence-corrected chi connectivity index (χ3v) is 6.02. The van der Waals surface area contributed by atoms with Gasteiger partial charge in [0.1, 0.15) is 0 Å². The van der Waals surface area contributed by atoms with Gasteiger partial charge in [-0.25, -0.2) is 13.1 Å². The van der Waals surface area contributed by atoms with Gasteiger partial charge in [0, 0.05) is 29.4 Å².